The maximum Gasteiger partial charge on any atom is 0.00924 e. The fourth-order valence-corrected chi connectivity index (χ4v) is 3.17. The predicted octanol–water partition coefficient (Wildman–Crippen LogP) is 3.28. The van der Waals surface area contributed by atoms with Gasteiger partial charge in [-0.2, -0.15) is 0 Å². The third-order valence-electron chi connectivity index (χ3n) is 4.78. The third-order valence-corrected chi connectivity index (χ3v) is 4.78. The van der Waals surface area contributed by atoms with Crippen molar-refractivity contribution in [2.24, 2.45) is 5.41 Å². The summed E-state index contributed by atoms with van der Waals surface area (Å²) in [5.74, 6) is 0. The molecule has 0 unspecified atom stereocenters. The number of nitrogens with zero attached hydrogens (tertiary/aromatic N) is 1. The molecular weight excluding hydrogens is 208 g/mol. The average Bonchev–Trinajstić information content (AvgIpc) is 2.88. The molecule has 0 aromatic carbocycles. The first kappa shape index (κ1) is 15.0. The summed E-state index contributed by atoms with van der Waals surface area (Å²) in [6.07, 6.45) is 8.28. The van der Waals surface area contributed by atoms with Gasteiger partial charge in [0.15, 0.2) is 0 Å². The first-order valence-corrected chi connectivity index (χ1v) is 7.58. The first-order valence-electron chi connectivity index (χ1n) is 7.58. The molecule has 1 fully saturated rings. The summed E-state index contributed by atoms with van der Waals surface area (Å²) < 4.78 is 0. The molecule has 1 aliphatic rings. The minimum atomic E-state index is 0.480. The second-order valence-corrected chi connectivity index (χ2v) is 5.84. The SMILES string of the molecule is CCNCC(CC)(CC)CN(C)C1CCCC1. The largest absolute Gasteiger partial charge is 0.316 e. The molecule has 2 nitrogen and oxygen atoms in total. The zero-order valence-corrected chi connectivity index (χ0v) is 12.4. The summed E-state index contributed by atoms with van der Waals surface area (Å²) in [5, 5.41) is 3.56. The normalized spacial score (nSPS) is 18.2. The van der Waals surface area contributed by atoms with Gasteiger partial charge in [0.2, 0.25) is 0 Å². The lowest BCUT2D eigenvalue weighted by molar-refractivity contribution is 0.123. The number of nitrogens with one attached hydrogen (secondary N) is 1. The van der Waals surface area contributed by atoms with Crippen molar-refractivity contribution in [1.29, 1.82) is 0 Å². The van der Waals surface area contributed by atoms with E-state index in [1.54, 1.807) is 0 Å². The van der Waals surface area contributed by atoms with E-state index in [0.29, 0.717) is 5.41 Å². The van der Waals surface area contributed by atoms with Gasteiger partial charge in [0.25, 0.3) is 0 Å². The zero-order valence-electron chi connectivity index (χ0n) is 12.4. The Morgan fingerprint density at radius 2 is 1.71 bits per heavy atom. The van der Waals surface area contributed by atoms with Gasteiger partial charge < -0.3 is 10.2 Å². The monoisotopic (exact) mass is 240 g/mol. The van der Waals surface area contributed by atoms with Crippen LogP contribution in [0.1, 0.15) is 59.3 Å². The van der Waals surface area contributed by atoms with Crippen LogP contribution in [0.5, 0.6) is 0 Å². The number of rotatable bonds is 8. The maximum atomic E-state index is 3.56. The standard InChI is InChI=1S/C15H32N2/c1-5-15(6-2,12-16-7-3)13-17(4)14-10-8-9-11-14/h14,16H,5-13H2,1-4H3. The molecule has 0 aliphatic heterocycles. The summed E-state index contributed by atoms with van der Waals surface area (Å²) in [6, 6.07) is 0.856. The van der Waals surface area contributed by atoms with Crippen LogP contribution in [0.15, 0.2) is 0 Å². The molecule has 0 aromatic heterocycles. The molecule has 0 heterocycles. The van der Waals surface area contributed by atoms with Crippen LogP contribution in [0.25, 0.3) is 0 Å². The van der Waals surface area contributed by atoms with Crippen LogP contribution < -0.4 is 5.32 Å². The highest BCUT2D eigenvalue weighted by atomic mass is 15.1. The minimum absolute atomic E-state index is 0.480. The van der Waals surface area contributed by atoms with Crippen molar-refractivity contribution in [3.05, 3.63) is 0 Å². The lowest BCUT2D eigenvalue weighted by Crippen LogP contribution is -2.45. The Bertz CT molecular complexity index is 193. The van der Waals surface area contributed by atoms with Gasteiger partial charge in [-0.05, 0) is 44.7 Å². The molecule has 0 amide bonds. The molecule has 0 spiro atoms. The van der Waals surface area contributed by atoms with Crippen LogP contribution in [0.2, 0.25) is 0 Å². The van der Waals surface area contributed by atoms with Gasteiger partial charge in [0.05, 0.1) is 0 Å². The van der Waals surface area contributed by atoms with E-state index in [1.807, 2.05) is 0 Å². The van der Waals surface area contributed by atoms with Crippen LogP contribution >= 0.6 is 0 Å². The summed E-state index contributed by atoms with van der Waals surface area (Å²) in [4.78, 5) is 2.64. The molecule has 0 aromatic rings. The summed E-state index contributed by atoms with van der Waals surface area (Å²) in [7, 11) is 2.34. The smallest absolute Gasteiger partial charge is 0.00924 e. The molecule has 1 aliphatic carbocycles. The Morgan fingerprint density at radius 1 is 1.12 bits per heavy atom. The maximum absolute atomic E-state index is 3.56. The Kier molecular flexibility index (Phi) is 6.50. The van der Waals surface area contributed by atoms with E-state index in [-0.39, 0.29) is 0 Å². The van der Waals surface area contributed by atoms with Gasteiger partial charge in [-0.3, -0.25) is 0 Å². The highest BCUT2D eigenvalue weighted by molar-refractivity contribution is 4.85. The molecule has 0 bridgehead atoms. The van der Waals surface area contributed by atoms with Crippen molar-refractivity contribution < 1.29 is 0 Å². The molecule has 0 saturated heterocycles. The highest BCUT2D eigenvalue weighted by Gasteiger charge is 2.30. The molecule has 1 N–H and O–H groups in total. The zero-order chi connectivity index (χ0) is 12.7. The third kappa shape index (κ3) is 4.26. The van der Waals surface area contributed by atoms with E-state index in [9.17, 15) is 0 Å². The topological polar surface area (TPSA) is 15.3 Å². The van der Waals surface area contributed by atoms with Crippen LogP contribution in [0, 0.1) is 5.41 Å². The number of hydrogen-bond donors (Lipinski definition) is 1. The Hall–Kier alpha value is -0.0800. The highest BCUT2D eigenvalue weighted by Crippen LogP contribution is 2.30. The molecule has 1 rings (SSSR count). The summed E-state index contributed by atoms with van der Waals surface area (Å²) in [6.45, 7) is 10.4. The lowest BCUT2D eigenvalue weighted by Gasteiger charge is -2.38. The van der Waals surface area contributed by atoms with E-state index in [1.165, 1.54) is 51.6 Å². The molecule has 17 heavy (non-hydrogen) atoms. The quantitative estimate of drug-likeness (QED) is 0.700. The lowest BCUT2D eigenvalue weighted by atomic mass is 9.81. The molecule has 102 valence electrons. The summed E-state index contributed by atoms with van der Waals surface area (Å²) in [5.41, 5.74) is 0.480. The van der Waals surface area contributed by atoms with Crippen molar-refractivity contribution in [3.63, 3.8) is 0 Å². The Balaban J connectivity index is 2.51. The van der Waals surface area contributed by atoms with Gasteiger partial charge in [-0.25, -0.2) is 0 Å². The Labute approximate surface area is 108 Å². The van der Waals surface area contributed by atoms with Crippen molar-refractivity contribution in [2.75, 3.05) is 26.7 Å². The molecule has 0 radical (unpaired) electrons. The van der Waals surface area contributed by atoms with E-state index in [0.717, 1.165) is 12.6 Å². The van der Waals surface area contributed by atoms with Crippen LogP contribution in [-0.2, 0) is 0 Å². The second kappa shape index (κ2) is 7.38. The predicted molar refractivity (Wildman–Crippen MR) is 76.4 cm³/mol. The van der Waals surface area contributed by atoms with Gasteiger partial charge in [0, 0.05) is 19.1 Å². The fourth-order valence-electron chi connectivity index (χ4n) is 3.17. The average molecular weight is 240 g/mol. The van der Waals surface area contributed by atoms with Crippen LogP contribution in [0.3, 0.4) is 0 Å². The van der Waals surface area contributed by atoms with Crippen LogP contribution in [-0.4, -0.2) is 37.6 Å². The summed E-state index contributed by atoms with van der Waals surface area (Å²) >= 11 is 0. The van der Waals surface area contributed by atoms with E-state index >= 15 is 0 Å². The molecule has 0 atom stereocenters. The van der Waals surface area contributed by atoms with Crippen molar-refractivity contribution >= 4 is 0 Å². The molecule has 2 heteroatoms. The van der Waals surface area contributed by atoms with Gasteiger partial charge >= 0.3 is 0 Å². The van der Waals surface area contributed by atoms with Crippen molar-refractivity contribution in [3.8, 4) is 0 Å². The fraction of sp³-hybridized carbons (Fsp3) is 1.00. The van der Waals surface area contributed by atoms with Crippen LogP contribution in [0.4, 0.5) is 0 Å². The first-order chi connectivity index (χ1) is 8.17. The van der Waals surface area contributed by atoms with E-state index in [4.69, 9.17) is 0 Å². The molecule has 1 saturated carbocycles. The minimum Gasteiger partial charge on any atom is -0.316 e. The second-order valence-electron chi connectivity index (χ2n) is 5.84. The van der Waals surface area contributed by atoms with Crippen molar-refractivity contribution in [1.82, 2.24) is 10.2 Å². The Morgan fingerprint density at radius 3 is 2.18 bits per heavy atom. The van der Waals surface area contributed by atoms with E-state index < -0.39 is 0 Å². The van der Waals surface area contributed by atoms with Gasteiger partial charge in [-0.1, -0.05) is 33.6 Å². The van der Waals surface area contributed by atoms with Crippen molar-refractivity contribution in [2.45, 2.75) is 65.3 Å². The van der Waals surface area contributed by atoms with E-state index in [2.05, 4.69) is 38.0 Å². The van der Waals surface area contributed by atoms with Gasteiger partial charge in [-0.15, -0.1) is 0 Å². The number of hydrogen-bond acceptors (Lipinski definition) is 2. The van der Waals surface area contributed by atoms with Gasteiger partial charge in [0.1, 0.15) is 0 Å². The molecular formula is C15H32N2.